The molecule has 1 aromatic carbocycles. The maximum absolute atomic E-state index is 16.1. The maximum atomic E-state index is 16.1. The van der Waals surface area contributed by atoms with E-state index in [0.717, 1.165) is 17.5 Å². The van der Waals surface area contributed by atoms with Crippen LogP contribution in [0, 0.1) is 5.82 Å². The number of amides is 2. The van der Waals surface area contributed by atoms with Crippen molar-refractivity contribution >= 4 is 46.4 Å². The number of alkyl halides is 2. The Balaban J connectivity index is 1.48. The number of nitrogens with zero attached hydrogens (tertiary/aromatic N) is 2. The second kappa shape index (κ2) is 15.2. The number of ether oxygens (including phenoxy) is 1. The van der Waals surface area contributed by atoms with Gasteiger partial charge in [0.1, 0.15) is 5.54 Å². The largest absolute Gasteiger partial charge is 0.481 e. The van der Waals surface area contributed by atoms with Gasteiger partial charge in [0.25, 0.3) is 0 Å². The number of allylic oxidation sites excluding steroid dienone is 2. The van der Waals surface area contributed by atoms with E-state index < -0.39 is 15.7 Å². The summed E-state index contributed by atoms with van der Waals surface area (Å²) < 4.78 is 20.1. The van der Waals surface area contributed by atoms with Crippen molar-refractivity contribution in [3.63, 3.8) is 0 Å². The van der Waals surface area contributed by atoms with Crippen LogP contribution in [0.3, 0.4) is 0 Å². The highest BCUT2D eigenvalue weighted by molar-refractivity contribution is 6.55. The summed E-state index contributed by atoms with van der Waals surface area (Å²) in [7, 11) is 1.52. The van der Waals surface area contributed by atoms with Gasteiger partial charge in [-0.2, -0.15) is 0 Å². The Hall–Kier alpha value is -4.03. The standard InChI is InChI=1S/C34H38Cl2FN7O3/c1-22(45)40-18-17-38-19-24-14-16-41-31(30(24)37)44-33(15-6-9-27(34(33,35)36)23-7-4-3-5-8-23)28-12-10-25(32(43-28)47-2)20-39-21-26-11-13-29(46)42-26/h3-10,12,14-16,26,38-39H,11,13,17-21H2,1-2H3,(H,40,45)(H,41,44)(H,42,46)/t26?,33-/m0/s1. The summed E-state index contributed by atoms with van der Waals surface area (Å²) in [5.41, 5.74) is 1.38. The van der Waals surface area contributed by atoms with Crippen molar-refractivity contribution < 1.29 is 18.7 Å². The smallest absolute Gasteiger partial charge is 0.220 e. The predicted molar refractivity (Wildman–Crippen MR) is 182 cm³/mol. The molecule has 47 heavy (non-hydrogen) atoms. The summed E-state index contributed by atoms with van der Waals surface area (Å²) in [6.07, 6.45) is 8.20. The first-order valence-electron chi connectivity index (χ1n) is 15.4. The van der Waals surface area contributed by atoms with Crippen LogP contribution in [0.15, 0.2) is 73.0 Å². The van der Waals surface area contributed by atoms with Crippen molar-refractivity contribution in [3.05, 3.63) is 101 Å². The van der Waals surface area contributed by atoms with Gasteiger partial charge in [0.15, 0.2) is 16.0 Å². The quantitative estimate of drug-likeness (QED) is 0.126. The monoisotopic (exact) mass is 681 g/mol. The van der Waals surface area contributed by atoms with Crippen LogP contribution < -0.4 is 31.3 Å². The highest BCUT2D eigenvalue weighted by atomic mass is 35.5. The molecule has 0 bridgehead atoms. The highest BCUT2D eigenvalue weighted by Gasteiger charge is 2.55. The average molecular weight is 683 g/mol. The van der Waals surface area contributed by atoms with Crippen LogP contribution in [0.25, 0.3) is 5.57 Å². The number of pyridine rings is 2. The molecule has 0 saturated carbocycles. The molecule has 3 aromatic rings. The highest BCUT2D eigenvalue weighted by Crippen LogP contribution is 2.54. The van der Waals surface area contributed by atoms with E-state index in [4.69, 9.17) is 32.9 Å². The number of methoxy groups -OCH3 is 1. The van der Waals surface area contributed by atoms with E-state index in [1.165, 1.54) is 20.2 Å². The Kier molecular flexibility index (Phi) is 11.1. The van der Waals surface area contributed by atoms with Gasteiger partial charge < -0.3 is 31.3 Å². The minimum atomic E-state index is -1.71. The average Bonchev–Trinajstić information content (AvgIpc) is 3.48. The molecule has 10 nitrogen and oxygen atoms in total. The number of halogens is 3. The van der Waals surface area contributed by atoms with Crippen LogP contribution >= 0.6 is 23.2 Å². The maximum Gasteiger partial charge on any atom is 0.220 e. The van der Waals surface area contributed by atoms with Crippen LogP contribution in [0.4, 0.5) is 10.2 Å². The minimum absolute atomic E-state index is 0.0583. The van der Waals surface area contributed by atoms with E-state index >= 15 is 4.39 Å². The lowest BCUT2D eigenvalue weighted by Gasteiger charge is -2.44. The number of aromatic nitrogens is 2. The number of carbonyl (C=O) groups is 2. The SMILES string of the molecule is COc1nc([C@@]2(Nc3nccc(CNCCNC(C)=O)c3F)C=CC=C(c3ccccc3)C2(Cl)Cl)ccc1CNCC1CCC(=O)N1. The van der Waals surface area contributed by atoms with Gasteiger partial charge in [-0.3, -0.25) is 9.59 Å². The molecule has 5 rings (SSSR count). The summed E-state index contributed by atoms with van der Waals surface area (Å²) in [4.78, 5) is 32.0. The lowest BCUT2D eigenvalue weighted by atomic mass is 9.79. The molecule has 248 valence electrons. The van der Waals surface area contributed by atoms with Crippen molar-refractivity contribution in [2.75, 3.05) is 32.1 Å². The summed E-state index contributed by atoms with van der Waals surface area (Å²) in [6, 6.07) is 14.8. The Bertz CT molecular complexity index is 1650. The molecule has 5 N–H and O–H groups in total. The van der Waals surface area contributed by atoms with Crippen molar-refractivity contribution in [2.24, 2.45) is 0 Å². The molecule has 1 fully saturated rings. The van der Waals surface area contributed by atoms with Crippen molar-refractivity contribution in [2.45, 2.75) is 48.8 Å². The van der Waals surface area contributed by atoms with Crippen LogP contribution in [0.2, 0.25) is 0 Å². The molecular formula is C34H38Cl2FN7O3. The number of carbonyl (C=O) groups excluding carboxylic acids is 2. The first kappa shape index (κ1) is 34.3. The molecule has 1 unspecified atom stereocenters. The summed E-state index contributed by atoms with van der Waals surface area (Å²) in [5.74, 6) is -0.393. The third-order valence-electron chi connectivity index (χ3n) is 8.13. The van der Waals surface area contributed by atoms with E-state index in [0.29, 0.717) is 55.3 Å². The predicted octanol–water partition coefficient (Wildman–Crippen LogP) is 4.35. The van der Waals surface area contributed by atoms with E-state index in [9.17, 15) is 9.59 Å². The molecule has 1 aliphatic carbocycles. The number of benzene rings is 1. The summed E-state index contributed by atoms with van der Waals surface area (Å²) in [6.45, 7) is 3.55. The summed E-state index contributed by atoms with van der Waals surface area (Å²) >= 11 is 14.8. The Morgan fingerprint density at radius 3 is 2.60 bits per heavy atom. The fourth-order valence-electron chi connectivity index (χ4n) is 5.69. The van der Waals surface area contributed by atoms with E-state index in [1.54, 1.807) is 18.2 Å². The van der Waals surface area contributed by atoms with Crippen molar-refractivity contribution in [1.29, 1.82) is 0 Å². The van der Waals surface area contributed by atoms with Crippen LogP contribution in [0.1, 0.15) is 42.1 Å². The van der Waals surface area contributed by atoms with Gasteiger partial charge in [-0.1, -0.05) is 71.8 Å². The number of hydrogen-bond acceptors (Lipinski definition) is 8. The van der Waals surface area contributed by atoms with Gasteiger partial charge in [0.2, 0.25) is 17.7 Å². The Morgan fingerprint density at radius 2 is 1.87 bits per heavy atom. The van der Waals surface area contributed by atoms with Gasteiger partial charge in [0.05, 0.1) is 12.8 Å². The molecule has 0 spiro atoms. The van der Waals surface area contributed by atoms with Crippen LogP contribution in [-0.4, -0.2) is 58.9 Å². The molecule has 2 atom stereocenters. The second-order valence-corrected chi connectivity index (χ2v) is 12.7. The number of rotatable bonds is 14. The molecule has 0 radical (unpaired) electrons. The lowest BCUT2D eigenvalue weighted by Crippen LogP contribution is -2.51. The van der Waals surface area contributed by atoms with Crippen molar-refractivity contribution in [3.8, 4) is 5.88 Å². The Morgan fingerprint density at radius 1 is 1.09 bits per heavy atom. The molecule has 3 heterocycles. The fourth-order valence-corrected chi connectivity index (χ4v) is 6.45. The van der Waals surface area contributed by atoms with Crippen LogP contribution in [-0.2, 0) is 28.2 Å². The third kappa shape index (κ3) is 7.76. The van der Waals surface area contributed by atoms with Gasteiger partial charge >= 0.3 is 0 Å². The van der Waals surface area contributed by atoms with Gasteiger partial charge in [-0.15, -0.1) is 0 Å². The molecular weight excluding hydrogens is 644 g/mol. The molecule has 2 aliphatic rings. The first-order chi connectivity index (χ1) is 22.6. The van der Waals surface area contributed by atoms with Gasteiger partial charge in [-0.05, 0) is 35.8 Å². The zero-order chi connectivity index (χ0) is 33.4. The molecule has 2 amide bonds. The topological polar surface area (TPSA) is 129 Å². The van der Waals surface area contributed by atoms with Gasteiger partial charge in [-0.25, -0.2) is 14.4 Å². The van der Waals surface area contributed by atoms with Crippen LogP contribution in [0.5, 0.6) is 5.88 Å². The lowest BCUT2D eigenvalue weighted by molar-refractivity contribution is -0.120. The van der Waals surface area contributed by atoms with E-state index in [1.807, 2.05) is 48.6 Å². The molecule has 1 saturated heterocycles. The molecule has 2 aromatic heterocycles. The molecule has 13 heteroatoms. The third-order valence-corrected chi connectivity index (χ3v) is 9.13. The summed E-state index contributed by atoms with van der Waals surface area (Å²) in [5, 5.41) is 15.4. The first-order valence-corrected chi connectivity index (χ1v) is 16.1. The normalized spacial score (nSPS) is 20.0. The Labute approximate surface area is 283 Å². The number of nitrogens with one attached hydrogen (secondary N) is 5. The zero-order valence-corrected chi connectivity index (χ0v) is 27.7. The minimum Gasteiger partial charge on any atom is -0.481 e. The number of hydrogen-bond donors (Lipinski definition) is 5. The fraction of sp³-hybridized carbons (Fsp3) is 0.353. The second-order valence-electron chi connectivity index (χ2n) is 11.4. The van der Waals surface area contributed by atoms with Crippen molar-refractivity contribution in [1.82, 2.24) is 31.2 Å². The zero-order valence-electron chi connectivity index (χ0n) is 26.2. The van der Waals surface area contributed by atoms with Gasteiger partial charge in [0, 0.05) is 69.4 Å². The molecule has 1 aliphatic heterocycles. The number of anilines is 1. The van der Waals surface area contributed by atoms with E-state index in [2.05, 4.69) is 31.6 Å². The van der Waals surface area contributed by atoms with E-state index in [-0.39, 0.29) is 30.2 Å².